The van der Waals surface area contributed by atoms with E-state index in [2.05, 4.69) is 74.0 Å². The Morgan fingerprint density at radius 2 is 1.73 bits per heavy atom. The van der Waals surface area contributed by atoms with E-state index >= 15 is 0 Å². The molecule has 1 aliphatic rings. The molecule has 1 fully saturated rings. The molecule has 4 heteroatoms. The second kappa shape index (κ2) is 7.98. The van der Waals surface area contributed by atoms with Gasteiger partial charge in [-0.25, -0.2) is 4.98 Å². The lowest BCUT2D eigenvalue weighted by Gasteiger charge is -2.26. The fourth-order valence-electron chi connectivity index (χ4n) is 4.01. The van der Waals surface area contributed by atoms with Crippen molar-refractivity contribution in [3.05, 3.63) is 89.0 Å². The third-order valence-electron chi connectivity index (χ3n) is 5.32. The van der Waals surface area contributed by atoms with E-state index in [0.29, 0.717) is 15.9 Å². The predicted molar refractivity (Wildman–Crippen MR) is 111 cm³/mol. The minimum absolute atomic E-state index is 0.0838. The third kappa shape index (κ3) is 3.89. The monoisotopic (exact) mass is 428 g/mol. The molecular formula is C22H22BrClN2. The highest BCUT2D eigenvalue weighted by Gasteiger charge is 2.22. The van der Waals surface area contributed by atoms with Gasteiger partial charge in [-0.1, -0.05) is 88.5 Å². The summed E-state index contributed by atoms with van der Waals surface area (Å²) in [6, 6.07) is 19.7. The standard InChI is InChI=1S/C22H22BrClN2/c23-20-8-4-7-19(13-20)16-9-11-18(12-10-16)22(17-5-2-1-3-6-17)26-14-21(24)25-15-26/h1-3,5-6,9-12,14-15,19-20,22H,4,7-8,13H2. The third-order valence-corrected chi connectivity index (χ3v) is 6.34. The van der Waals surface area contributed by atoms with Crippen molar-refractivity contribution >= 4 is 27.5 Å². The fraction of sp³-hybridized carbons (Fsp3) is 0.318. The van der Waals surface area contributed by atoms with Crippen LogP contribution >= 0.6 is 27.5 Å². The predicted octanol–water partition coefficient (Wildman–Crippen LogP) is 6.60. The summed E-state index contributed by atoms with van der Waals surface area (Å²) in [5.41, 5.74) is 3.93. The van der Waals surface area contributed by atoms with E-state index in [0.717, 1.165) is 0 Å². The number of halogens is 2. The van der Waals surface area contributed by atoms with Crippen LogP contribution in [0.4, 0.5) is 0 Å². The van der Waals surface area contributed by atoms with E-state index in [1.165, 1.54) is 42.4 Å². The van der Waals surface area contributed by atoms with E-state index in [9.17, 15) is 0 Å². The van der Waals surface area contributed by atoms with E-state index in [1.54, 1.807) is 0 Å². The van der Waals surface area contributed by atoms with Crippen LogP contribution in [0, 0.1) is 0 Å². The summed E-state index contributed by atoms with van der Waals surface area (Å²) in [7, 11) is 0. The summed E-state index contributed by atoms with van der Waals surface area (Å²) in [6.45, 7) is 0. The Morgan fingerprint density at radius 1 is 1.00 bits per heavy atom. The molecule has 2 nitrogen and oxygen atoms in total. The smallest absolute Gasteiger partial charge is 0.147 e. The van der Waals surface area contributed by atoms with Gasteiger partial charge in [-0.3, -0.25) is 0 Å². The van der Waals surface area contributed by atoms with Crippen LogP contribution in [0.5, 0.6) is 0 Å². The summed E-state index contributed by atoms with van der Waals surface area (Å²) in [5, 5.41) is 0.521. The first-order valence-electron chi connectivity index (χ1n) is 9.18. The van der Waals surface area contributed by atoms with E-state index < -0.39 is 0 Å². The largest absolute Gasteiger partial charge is 0.324 e. The number of aromatic nitrogens is 2. The molecule has 1 saturated carbocycles. The second-order valence-electron chi connectivity index (χ2n) is 7.08. The van der Waals surface area contributed by atoms with Crippen LogP contribution in [-0.4, -0.2) is 14.4 Å². The van der Waals surface area contributed by atoms with Gasteiger partial charge in [-0.2, -0.15) is 0 Å². The van der Waals surface area contributed by atoms with E-state index in [1.807, 2.05) is 18.6 Å². The van der Waals surface area contributed by atoms with Crippen molar-refractivity contribution in [3.8, 4) is 0 Å². The second-order valence-corrected chi connectivity index (χ2v) is 8.77. The van der Waals surface area contributed by atoms with Gasteiger partial charge in [0.1, 0.15) is 5.15 Å². The molecule has 0 aliphatic heterocycles. The van der Waals surface area contributed by atoms with Crippen LogP contribution in [0.3, 0.4) is 0 Å². The van der Waals surface area contributed by atoms with Crippen molar-refractivity contribution in [3.63, 3.8) is 0 Å². The number of hydrogen-bond donors (Lipinski definition) is 0. The number of hydrogen-bond acceptors (Lipinski definition) is 1. The number of nitrogens with zero attached hydrogens (tertiary/aromatic N) is 2. The lowest BCUT2D eigenvalue weighted by molar-refractivity contribution is 0.458. The Hall–Kier alpha value is -1.58. The first-order valence-corrected chi connectivity index (χ1v) is 10.5. The maximum Gasteiger partial charge on any atom is 0.147 e. The molecule has 0 amide bonds. The molecule has 0 radical (unpaired) electrons. The van der Waals surface area contributed by atoms with Crippen molar-refractivity contribution in [2.45, 2.75) is 42.5 Å². The molecular weight excluding hydrogens is 408 g/mol. The highest BCUT2D eigenvalue weighted by atomic mass is 79.9. The zero-order valence-corrected chi connectivity index (χ0v) is 16.9. The Kier molecular flexibility index (Phi) is 5.46. The fourth-order valence-corrected chi connectivity index (χ4v) is 4.94. The highest BCUT2D eigenvalue weighted by Crippen LogP contribution is 2.37. The van der Waals surface area contributed by atoms with Crippen LogP contribution in [-0.2, 0) is 0 Å². The summed E-state index contributed by atoms with van der Waals surface area (Å²) in [4.78, 5) is 4.87. The minimum atomic E-state index is 0.0838. The Labute approximate surface area is 168 Å². The summed E-state index contributed by atoms with van der Waals surface area (Å²) < 4.78 is 2.09. The van der Waals surface area contributed by atoms with Crippen LogP contribution < -0.4 is 0 Å². The molecule has 3 atom stereocenters. The number of imidazole rings is 1. The van der Waals surface area contributed by atoms with Gasteiger partial charge in [0.15, 0.2) is 0 Å². The maximum absolute atomic E-state index is 6.08. The van der Waals surface area contributed by atoms with Gasteiger partial charge in [0.05, 0.1) is 12.4 Å². The molecule has 0 saturated heterocycles. The Balaban J connectivity index is 1.66. The molecule has 4 rings (SSSR count). The zero-order chi connectivity index (χ0) is 17.9. The molecule has 3 unspecified atom stereocenters. The summed E-state index contributed by atoms with van der Waals surface area (Å²) in [6.07, 6.45) is 8.84. The highest BCUT2D eigenvalue weighted by molar-refractivity contribution is 9.09. The van der Waals surface area contributed by atoms with Gasteiger partial charge in [0.25, 0.3) is 0 Å². The van der Waals surface area contributed by atoms with E-state index in [-0.39, 0.29) is 6.04 Å². The maximum atomic E-state index is 6.08. The molecule has 1 heterocycles. The van der Waals surface area contributed by atoms with Crippen molar-refractivity contribution < 1.29 is 0 Å². The molecule has 2 aromatic carbocycles. The first-order chi connectivity index (χ1) is 12.7. The lowest BCUT2D eigenvalue weighted by Crippen LogP contribution is -2.14. The van der Waals surface area contributed by atoms with E-state index in [4.69, 9.17) is 11.6 Å². The number of benzene rings is 2. The van der Waals surface area contributed by atoms with Crippen molar-refractivity contribution in [2.24, 2.45) is 0 Å². The van der Waals surface area contributed by atoms with Crippen LogP contribution in [0.15, 0.2) is 67.1 Å². The Bertz CT molecular complexity index is 844. The van der Waals surface area contributed by atoms with Crippen LogP contribution in [0.2, 0.25) is 5.15 Å². The summed E-state index contributed by atoms with van der Waals surface area (Å²) >= 11 is 9.89. The van der Waals surface area contributed by atoms with Crippen LogP contribution in [0.1, 0.15) is 54.3 Å². The van der Waals surface area contributed by atoms with Gasteiger partial charge < -0.3 is 4.57 Å². The molecule has 0 bridgehead atoms. The lowest BCUT2D eigenvalue weighted by atomic mass is 9.83. The molecule has 1 aliphatic carbocycles. The SMILES string of the molecule is Clc1cn(C(c2ccccc2)c2ccc(C3CCCC(Br)C3)cc2)cn1. The van der Waals surface area contributed by atoms with Gasteiger partial charge >= 0.3 is 0 Å². The number of rotatable bonds is 4. The minimum Gasteiger partial charge on any atom is -0.324 e. The van der Waals surface area contributed by atoms with Crippen molar-refractivity contribution in [1.82, 2.24) is 9.55 Å². The average Bonchev–Trinajstić information content (AvgIpc) is 3.09. The average molecular weight is 430 g/mol. The van der Waals surface area contributed by atoms with Gasteiger partial charge in [-0.05, 0) is 41.9 Å². The zero-order valence-electron chi connectivity index (χ0n) is 14.6. The van der Waals surface area contributed by atoms with Gasteiger partial charge in [-0.15, -0.1) is 0 Å². The molecule has 0 N–H and O–H groups in total. The van der Waals surface area contributed by atoms with Crippen molar-refractivity contribution in [2.75, 3.05) is 0 Å². The Morgan fingerprint density at radius 3 is 2.38 bits per heavy atom. The quantitative estimate of drug-likeness (QED) is 0.427. The molecule has 3 aromatic rings. The summed E-state index contributed by atoms with van der Waals surface area (Å²) in [5.74, 6) is 0.667. The van der Waals surface area contributed by atoms with Crippen molar-refractivity contribution in [1.29, 1.82) is 0 Å². The molecule has 0 spiro atoms. The molecule has 26 heavy (non-hydrogen) atoms. The van der Waals surface area contributed by atoms with Crippen LogP contribution in [0.25, 0.3) is 0 Å². The molecule has 1 aromatic heterocycles. The normalized spacial score (nSPS) is 21.5. The first kappa shape index (κ1) is 17.8. The number of alkyl halides is 1. The van der Waals surface area contributed by atoms with Gasteiger partial charge in [0, 0.05) is 11.0 Å². The topological polar surface area (TPSA) is 17.8 Å². The van der Waals surface area contributed by atoms with Gasteiger partial charge in [0.2, 0.25) is 0 Å². The molecule has 134 valence electrons.